The predicted octanol–water partition coefficient (Wildman–Crippen LogP) is 3.39. The Labute approximate surface area is 142 Å². The van der Waals surface area contributed by atoms with Gasteiger partial charge in [0.15, 0.2) is 0 Å². The van der Waals surface area contributed by atoms with E-state index in [1.54, 1.807) is 12.3 Å². The number of carbonyl (C=O) groups is 1. The second-order valence-electron chi connectivity index (χ2n) is 6.21. The highest BCUT2D eigenvalue weighted by Gasteiger charge is 2.27. The number of anilines is 1. The van der Waals surface area contributed by atoms with Crippen LogP contribution in [0.3, 0.4) is 0 Å². The summed E-state index contributed by atoms with van der Waals surface area (Å²) in [6.45, 7) is 5.32. The molecule has 0 radical (unpaired) electrons. The average molecular weight is 328 g/mol. The highest BCUT2D eigenvalue weighted by Crippen LogP contribution is 2.22. The molecule has 0 aromatic carbocycles. The molecule has 3 rings (SSSR count). The van der Waals surface area contributed by atoms with Gasteiger partial charge in [0.05, 0.1) is 12.8 Å². The van der Waals surface area contributed by atoms with Gasteiger partial charge in [-0.1, -0.05) is 6.92 Å². The molecule has 0 bridgehead atoms. The van der Waals surface area contributed by atoms with Crippen LogP contribution >= 0.6 is 0 Å². The van der Waals surface area contributed by atoms with E-state index in [0.717, 1.165) is 37.3 Å². The second-order valence-corrected chi connectivity index (χ2v) is 6.21. The van der Waals surface area contributed by atoms with Crippen molar-refractivity contribution in [3.8, 4) is 0 Å². The van der Waals surface area contributed by atoms with Crippen LogP contribution in [0.15, 0.2) is 28.9 Å². The molecule has 1 aliphatic heterocycles. The zero-order valence-electron chi connectivity index (χ0n) is 14.3. The molecule has 6 heteroatoms. The lowest BCUT2D eigenvalue weighted by Crippen LogP contribution is -2.43. The SMILES string of the molecule is CCC1CCCCN1C(=O)c1cc(C)nc(NCc2ccco2)n1. The maximum Gasteiger partial charge on any atom is 0.272 e. The summed E-state index contributed by atoms with van der Waals surface area (Å²) in [5.74, 6) is 1.27. The molecule has 24 heavy (non-hydrogen) atoms. The molecule has 1 unspecified atom stereocenters. The fourth-order valence-corrected chi connectivity index (χ4v) is 3.18. The van der Waals surface area contributed by atoms with Crippen LogP contribution in [0.5, 0.6) is 0 Å². The Morgan fingerprint density at radius 3 is 3.04 bits per heavy atom. The third-order valence-corrected chi connectivity index (χ3v) is 4.43. The van der Waals surface area contributed by atoms with Crippen LogP contribution < -0.4 is 5.32 Å². The molecule has 1 atom stereocenters. The van der Waals surface area contributed by atoms with E-state index in [4.69, 9.17) is 4.42 Å². The van der Waals surface area contributed by atoms with Gasteiger partial charge in [-0.05, 0) is 50.8 Å². The first-order chi connectivity index (χ1) is 11.7. The summed E-state index contributed by atoms with van der Waals surface area (Å²) >= 11 is 0. The Morgan fingerprint density at radius 2 is 2.29 bits per heavy atom. The summed E-state index contributed by atoms with van der Waals surface area (Å²) in [6, 6.07) is 5.81. The number of hydrogen-bond acceptors (Lipinski definition) is 5. The standard InChI is InChI=1S/C18H24N4O2/c1-3-14-7-4-5-9-22(14)17(23)16-11-13(2)20-18(21-16)19-12-15-8-6-10-24-15/h6,8,10-11,14H,3-5,7,9,12H2,1-2H3,(H,19,20,21). The number of hydrogen-bond donors (Lipinski definition) is 1. The fourth-order valence-electron chi connectivity index (χ4n) is 3.18. The molecule has 1 fully saturated rings. The molecule has 6 nitrogen and oxygen atoms in total. The fraction of sp³-hybridized carbons (Fsp3) is 0.500. The van der Waals surface area contributed by atoms with Crippen LogP contribution in [-0.4, -0.2) is 33.4 Å². The predicted molar refractivity (Wildman–Crippen MR) is 91.8 cm³/mol. The summed E-state index contributed by atoms with van der Waals surface area (Å²) in [5.41, 5.74) is 1.24. The first-order valence-corrected chi connectivity index (χ1v) is 8.60. The highest BCUT2D eigenvalue weighted by molar-refractivity contribution is 5.93. The second kappa shape index (κ2) is 7.47. The van der Waals surface area contributed by atoms with E-state index in [1.165, 1.54) is 6.42 Å². The topological polar surface area (TPSA) is 71.3 Å². The summed E-state index contributed by atoms with van der Waals surface area (Å²) in [5, 5.41) is 3.12. The van der Waals surface area contributed by atoms with Crippen molar-refractivity contribution < 1.29 is 9.21 Å². The lowest BCUT2D eigenvalue weighted by atomic mass is 9.99. The Bertz CT molecular complexity index is 684. The summed E-state index contributed by atoms with van der Waals surface area (Å²) in [7, 11) is 0. The van der Waals surface area contributed by atoms with Crippen LogP contribution in [-0.2, 0) is 6.54 Å². The molecule has 2 aromatic heterocycles. The maximum absolute atomic E-state index is 12.9. The van der Waals surface area contributed by atoms with Crippen molar-refractivity contribution in [2.24, 2.45) is 0 Å². The molecule has 1 amide bonds. The number of nitrogens with zero attached hydrogens (tertiary/aromatic N) is 3. The van der Waals surface area contributed by atoms with Gasteiger partial charge >= 0.3 is 0 Å². The van der Waals surface area contributed by atoms with Gasteiger partial charge in [0, 0.05) is 18.3 Å². The first kappa shape index (κ1) is 16.5. The molecular weight excluding hydrogens is 304 g/mol. The number of furan rings is 1. The lowest BCUT2D eigenvalue weighted by Gasteiger charge is -2.35. The van der Waals surface area contributed by atoms with Gasteiger partial charge in [0.2, 0.25) is 5.95 Å². The smallest absolute Gasteiger partial charge is 0.272 e. The summed E-state index contributed by atoms with van der Waals surface area (Å²) in [6.07, 6.45) is 5.95. The molecule has 1 aliphatic rings. The largest absolute Gasteiger partial charge is 0.467 e. The molecule has 0 aliphatic carbocycles. The van der Waals surface area contributed by atoms with Crippen LogP contribution in [0.1, 0.15) is 54.5 Å². The first-order valence-electron chi connectivity index (χ1n) is 8.60. The Balaban J connectivity index is 1.75. The van der Waals surface area contributed by atoms with Crippen LogP contribution in [0.2, 0.25) is 0 Å². The molecule has 1 N–H and O–H groups in total. The van der Waals surface area contributed by atoms with Crippen molar-refractivity contribution in [1.29, 1.82) is 0 Å². The van der Waals surface area contributed by atoms with Gasteiger partial charge in [-0.25, -0.2) is 9.97 Å². The van der Waals surface area contributed by atoms with Crippen LogP contribution in [0.4, 0.5) is 5.95 Å². The molecule has 128 valence electrons. The Hall–Kier alpha value is -2.37. The number of piperidine rings is 1. The highest BCUT2D eigenvalue weighted by atomic mass is 16.3. The third kappa shape index (κ3) is 3.75. The van der Waals surface area contributed by atoms with Gasteiger partial charge in [-0.3, -0.25) is 4.79 Å². The van der Waals surface area contributed by atoms with Crippen molar-refractivity contribution in [3.63, 3.8) is 0 Å². The Kier molecular flexibility index (Phi) is 5.13. The zero-order chi connectivity index (χ0) is 16.9. The third-order valence-electron chi connectivity index (χ3n) is 4.43. The molecule has 1 saturated heterocycles. The molecule has 0 spiro atoms. The van der Waals surface area contributed by atoms with E-state index in [0.29, 0.717) is 24.2 Å². The van der Waals surface area contributed by atoms with E-state index in [2.05, 4.69) is 22.2 Å². The minimum absolute atomic E-state index is 0.00750. The number of aryl methyl sites for hydroxylation is 1. The van der Waals surface area contributed by atoms with E-state index in [9.17, 15) is 4.79 Å². The molecular formula is C18H24N4O2. The van der Waals surface area contributed by atoms with Crippen molar-refractivity contribution in [2.45, 2.75) is 52.1 Å². The number of rotatable bonds is 5. The normalized spacial score (nSPS) is 17.8. The van der Waals surface area contributed by atoms with Gasteiger partial charge in [-0.15, -0.1) is 0 Å². The lowest BCUT2D eigenvalue weighted by molar-refractivity contribution is 0.0602. The van der Waals surface area contributed by atoms with E-state index < -0.39 is 0 Å². The van der Waals surface area contributed by atoms with E-state index >= 15 is 0 Å². The maximum atomic E-state index is 12.9. The number of nitrogens with one attached hydrogen (secondary N) is 1. The van der Waals surface area contributed by atoms with Crippen molar-refractivity contribution >= 4 is 11.9 Å². The van der Waals surface area contributed by atoms with E-state index in [1.807, 2.05) is 24.0 Å². The van der Waals surface area contributed by atoms with Gasteiger partial charge in [0.25, 0.3) is 5.91 Å². The average Bonchev–Trinajstić information content (AvgIpc) is 3.12. The zero-order valence-corrected chi connectivity index (χ0v) is 14.3. The molecule has 3 heterocycles. The quantitative estimate of drug-likeness (QED) is 0.911. The van der Waals surface area contributed by atoms with Crippen molar-refractivity contribution in [1.82, 2.24) is 14.9 Å². The number of carbonyl (C=O) groups excluding carboxylic acids is 1. The van der Waals surface area contributed by atoms with Gasteiger partial charge in [0.1, 0.15) is 11.5 Å². The van der Waals surface area contributed by atoms with Crippen molar-refractivity contribution in [2.75, 3.05) is 11.9 Å². The number of aromatic nitrogens is 2. The van der Waals surface area contributed by atoms with Gasteiger partial charge in [-0.2, -0.15) is 0 Å². The number of amides is 1. The van der Waals surface area contributed by atoms with E-state index in [-0.39, 0.29) is 5.91 Å². The summed E-state index contributed by atoms with van der Waals surface area (Å²) < 4.78 is 5.29. The van der Waals surface area contributed by atoms with Crippen molar-refractivity contribution in [3.05, 3.63) is 41.6 Å². The minimum Gasteiger partial charge on any atom is -0.467 e. The number of likely N-dealkylation sites (tertiary alicyclic amines) is 1. The summed E-state index contributed by atoms with van der Waals surface area (Å²) in [4.78, 5) is 23.7. The monoisotopic (exact) mass is 328 g/mol. The molecule has 2 aromatic rings. The van der Waals surface area contributed by atoms with Crippen LogP contribution in [0, 0.1) is 6.92 Å². The molecule has 0 saturated carbocycles. The van der Waals surface area contributed by atoms with Crippen LogP contribution in [0.25, 0.3) is 0 Å². The minimum atomic E-state index is 0.00750. The Morgan fingerprint density at radius 1 is 1.42 bits per heavy atom. The van der Waals surface area contributed by atoms with Gasteiger partial charge < -0.3 is 14.6 Å².